The maximum atomic E-state index is 5.52. The van der Waals surface area contributed by atoms with Crippen LogP contribution in [0.2, 0.25) is 0 Å². The highest BCUT2D eigenvalue weighted by atomic mass is 16.3. The van der Waals surface area contributed by atoms with Crippen LogP contribution in [0.4, 0.5) is 0 Å². The highest BCUT2D eigenvalue weighted by Crippen LogP contribution is 2.23. The second-order valence-corrected chi connectivity index (χ2v) is 4.24. The van der Waals surface area contributed by atoms with Crippen molar-refractivity contribution < 1.29 is 4.42 Å². The number of furan rings is 1. The lowest BCUT2D eigenvalue weighted by Crippen LogP contribution is -2.16. The highest BCUT2D eigenvalue weighted by molar-refractivity contribution is 5.17. The molecule has 1 unspecified atom stereocenters. The molecule has 0 aliphatic rings. The molecule has 0 radical (unpaired) electrons. The summed E-state index contributed by atoms with van der Waals surface area (Å²) in [7, 11) is 2.00. The minimum Gasteiger partial charge on any atom is -0.467 e. The molecule has 1 atom stereocenters. The van der Waals surface area contributed by atoms with E-state index in [1.807, 2.05) is 19.2 Å². The monoisotopic (exact) mass is 221 g/mol. The summed E-state index contributed by atoms with van der Waals surface area (Å²) < 4.78 is 5.52. The van der Waals surface area contributed by atoms with E-state index in [0.717, 1.165) is 18.6 Å². The Bertz CT molecular complexity index is 303. The minimum absolute atomic E-state index is 0.360. The van der Waals surface area contributed by atoms with Crippen LogP contribution in [0.5, 0.6) is 0 Å². The van der Waals surface area contributed by atoms with Gasteiger partial charge in [-0.05, 0) is 44.9 Å². The molecule has 1 N–H and O–H groups in total. The van der Waals surface area contributed by atoms with Gasteiger partial charge in [0.15, 0.2) is 0 Å². The van der Waals surface area contributed by atoms with Gasteiger partial charge >= 0.3 is 0 Å². The maximum Gasteiger partial charge on any atom is 0.123 e. The third-order valence-electron chi connectivity index (χ3n) is 2.97. The molecule has 0 aliphatic heterocycles. The molecule has 0 fully saturated rings. The number of hydrogen-bond donors (Lipinski definition) is 1. The summed E-state index contributed by atoms with van der Waals surface area (Å²) in [5.41, 5.74) is 1.24. The summed E-state index contributed by atoms with van der Waals surface area (Å²) in [5, 5.41) is 3.32. The normalized spacial score (nSPS) is 12.6. The molecule has 0 aliphatic carbocycles. The molecule has 1 rings (SSSR count). The average molecular weight is 221 g/mol. The number of aryl methyl sites for hydroxylation is 1. The summed E-state index contributed by atoms with van der Waals surface area (Å²) in [6.45, 7) is 5.83. The Hall–Kier alpha value is -1.02. The zero-order valence-electron chi connectivity index (χ0n) is 10.5. The van der Waals surface area contributed by atoms with Crippen LogP contribution in [0.15, 0.2) is 29.4 Å². The molecule has 90 valence electrons. The van der Waals surface area contributed by atoms with Gasteiger partial charge in [-0.2, -0.15) is 0 Å². The number of allylic oxidation sites excluding steroid dienone is 1. The van der Waals surface area contributed by atoms with E-state index in [1.165, 1.54) is 24.8 Å². The molecule has 0 amide bonds. The fourth-order valence-electron chi connectivity index (χ4n) is 1.96. The first-order chi connectivity index (χ1) is 7.79. The Morgan fingerprint density at radius 2 is 2.25 bits per heavy atom. The largest absolute Gasteiger partial charge is 0.467 e. The molecule has 2 heteroatoms. The molecule has 0 saturated heterocycles. The van der Waals surface area contributed by atoms with Crippen LogP contribution >= 0.6 is 0 Å². The van der Waals surface area contributed by atoms with Gasteiger partial charge < -0.3 is 9.73 Å². The average Bonchev–Trinajstić information content (AvgIpc) is 2.70. The van der Waals surface area contributed by atoms with Gasteiger partial charge in [0.25, 0.3) is 0 Å². The SMILES string of the molecule is C=CCCCCCC(NC)c1occc1C. The molecule has 0 spiro atoms. The van der Waals surface area contributed by atoms with E-state index in [-0.39, 0.29) is 0 Å². The van der Waals surface area contributed by atoms with Gasteiger partial charge in [-0.15, -0.1) is 6.58 Å². The lowest BCUT2D eigenvalue weighted by molar-refractivity contribution is 0.400. The van der Waals surface area contributed by atoms with Crippen molar-refractivity contribution in [1.29, 1.82) is 0 Å². The van der Waals surface area contributed by atoms with Crippen LogP contribution in [-0.4, -0.2) is 7.05 Å². The van der Waals surface area contributed by atoms with Crippen LogP contribution in [-0.2, 0) is 0 Å². The van der Waals surface area contributed by atoms with Gasteiger partial charge in [0.05, 0.1) is 12.3 Å². The van der Waals surface area contributed by atoms with Gasteiger partial charge in [0.1, 0.15) is 5.76 Å². The molecule has 1 aromatic heterocycles. The van der Waals surface area contributed by atoms with Crippen LogP contribution in [0.25, 0.3) is 0 Å². The Kier molecular flexibility index (Phi) is 5.94. The Morgan fingerprint density at radius 3 is 2.81 bits per heavy atom. The zero-order valence-corrected chi connectivity index (χ0v) is 10.5. The number of unbranched alkanes of at least 4 members (excludes halogenated alkanes) is 3. The number of rotatable bonds is 8. The molecule has 0 aromatic carbocycles. The molecular formula is C14H23NO. The van der Waals surface area contributed by atoms with Crippen molar-refractivity contribution in [2.24, 2.45) is 0 Å². The molecule has 16 heavy (non-hydrogen) atoms. The fraction of sp³-hybridized carbons (Fsp3) is 0.571. The van der Waals surface area contributed by atoms with Crippen LogP contribution < -0.4 is 5.32 Å². The van der Waals surface area contributed by atoms with Gasteiger partial charge in [-0.3, -0.25) is 0 Å². The lowest BCUT2D eigenvalue weighted by atomic mass is 10.0. The van der Waals surface area contributed by atoms with Crippen molar-refractivity contribution in [3.8, 4) is 0 Å². The molecular weight excluding hydrogens is 198 g/mol. The second-order valence-electron chi connectivity index (χ2n) is 4.24. The first kappa shape index (κ1) is 13.0. The number of nitrogens with one attached hydrogen (secondary N) is 1. The maximum absolute atomic E-state index is 5.52. The van der Waals surface area contributed by atoms with E-state index < -0.39 is 0 Å². The van der Waals surface area contributed by atoms with E-state index >= 15 is 0 Å². The number of hydrogen-bond acceptors (Lipinski definition) is 2. The highest BCUT2D eigenvalue weighted by Gasteiger charge is 2.14. The summed E-state index contributed by atoms with van der Waals surface area (Å²) in [6, 6.07) is 2.39. The standard InChI is InChI=1S/C14H23NO/c1-4-5-6-7-8-9-13(15-3)14-12(2)10-11-16-14/h4,10-11,13,15H,1,5-9H2,2-3H3. The predicted molar refractivity (Wildman–Crippen MR) is 68.5 cm³/mol. The smallest absolute Gasteiger partial charge is 0.123 e. The van der Waals surface area contributed by atoms with Gasteiger partial charge in [0, 0.05) is 0 Å². The van der Waals surface area contributed by atoms with E-state index in [2.05, 4.69) is 18.8 Å². The lowest BCUT2D eigenvalue weighted by Gasteiger charge is -2.14. The van der Waals surface area contributed by atoms with Crippen LogP contribution in [0, 0.1) is 6.92 Å². The first-order valence-electron chi connectivity index (χ1n) is 6.11. The van der Waals surface area contributed by atoms with E-state index in [0.29, 0.717) is 6.04 Å². The molecule has 2 nitrogen and oxygen atoms in total. The summed E-state index contributed by atoms with van der Waals surface area (Å²) >= 11 is 0. The van der Waals surface area contributed by atoms with Crippen molar-refractivity contribution in [3.63, 3.8) is 0 Å². The molecule has 0 bridgehead atoms. The van der Waals surface area contributed by atoms with Crippen molar-refractivity contribution in [2.45, 2.75) is 45.1 Å². The van der Waals surface area contributed by atoms with Crippen molar-refractivity contribution in [2.75, 3.05) is 7.05 Å². The predicted octanol–water partition coefficient (Wildman–Crippen LogP) is 3.99. The van der Waals surface area contributed by atoms with Crippen LogP contribution in [0.1, 0.15) is 49.5 Å². The minimum atomic E-state index is 0.360. The summed E-state index contributed by atoms with van der Waals surface area (Å²) in [6.07, 6.45) is 9.78. The quantitative estimate of drug-likeness (QED) is 0.530. The molecule has 1 aromatic rings. The topological polar surface area (TPSA) is 25.2 Å². The first-order valence-corrected chi connectivity index (χ1v) is 6.11. The van der Waals surface area contributed by atoms with E-state index in [9.17, 15) is 0 Å². The zero-order chi connectivity index (χ0) is 11.8. The Morgan fingerprint density at radius 1 is 1.44 bits per heavy atom. The summed E-state index contributed by atoms with van der Waals surface area (Å²) in [5.74, 6) is 1.09. The third-order valence-corrected chi connectivity index (χ3v) is 2.97. The fourth-order valence-corrected chi connectivity index (χ4v) is 1.96. The van der Waals surface area contributed by atoms with Gasteiger partial charge in [-0.1, -0.05) is 18.9 Å². The van der Waals surface area contributed by atoms with Crippen molar-refractivity contribution >= 4 is 0 Å². The van der Waals surface area contributed by atoms with Crippen molar-refractivity contribution in [1.82, 2.24) is 5.32 Å². The Balaban J connectivity index is 2.33. The third kappa shape index (κ3) is 3.86. The van der Waals surface area contributed by atoms with Crippen LogP contribution in [0.3, 0.4) is 0 Å². The van der Waals surface area contributed by atoms with E-state index in [4.69, 9.17) is 4.42 Å². The summed E-state index contributed by atoms with van der Waals surface area (Å²) in [4.78, 5) is 0. The second kappa shape index (κ2) is 7.29. The van der Waals surface area contributed by atoms with Crippen molar-refractivity contribution in [3.05, 3.63) is 36.3 Å². The van der Waals surface area contributed by atoms with Gasteiger partial charge in [-0.25, -0.2) is 0 Å². The van der Waals surface area contributed by atoms with E-state index in [1.54, 1.807) is 6.26 Å². The molecule has 1 heterocycles. The molecule has 0 saturated carbocycles. The Labute approximate surface area is 98.7 Å². The van der Waals surface area contributed by atoms with Gasteiger partial charge in [0.2, 0.25) is 0 Å².